The summed E-state index contributed by atoms with van der Waals surface area (Å²) >= 11 is 0. The van der Waals surface area contributed by atoms with Gasteiger partial charge in [-0.25, -0.2) is 9.37 Å². The molecule has 0 spiro atoms. The van der Waals surface area contributed by atoms with Gasteiger partial charge in [0.1, 0.15) is 11.6 Å². The molecule has 0 saturated heterocycles. The van der Waals surface area contributed by atoms with Crippen LogP contribution in [0.25, 0.3) is 45.3 Å². The second-order valence-electron chi connectivity index (χ2n) is 6.54. The van der Waals surface area contributed by atoms with Crippen molar-refractivity contribution in [2.24, 2.45) is 0 Å². The van der Waals surface area contributed by atoms with Gasteiger partial charge >= 0.3 is 51.4 Å². The first-order valence-corrected chi connectivity index (χ1v) is 9.02. The molecule has 0 amide bonds. The van der Waals surface area contributed by atoms with Gasteiger partial charge in [0.25, 0.3) is 0 Å². The van der Waals surface area contributed by atoms with Crippen LogP contribution in [0.5, 0.6) is 0 Å². The van der Waals surface area contributed by atoms with Crippen molar-refractivity contribution in [3.05, 3.63) is 83.0 Å². The Balaban J connectivity index is 0.00000231. The van der Waals surface area contributed by atoms with Crippen molar-refractivity contribution in [3.63, 3.8) is 0 Å². The predicted octanol–water partition coefficient (Wildman–Crippen LogP) is 0.0513. The third-order valence-corrected chi connectivity index (χ3v) is 4.62. The number of rotatable bonds is 4. The summed E-state index contributed by atoms with van der Waals surface area (Å²) in [4.78, 5) is 22.4. The molecule has 0 unspecified atom stereocenters. The Morgan fingerprint density at radius 3 is 2.26 bits per heavy atom. The number of tetrazole rings is 1. The van der Waals surface area contributed by atoms with Gasteiger partial charge in [0.15, 0.2) is 0 Å². The van der Waals surface area contributed by atoms with E-state index in [0.717, 1.165) is 16.7 Å². The Morgan fingerprint density at radius 2 is 1.58 bits per heavy atom. The van der Waals surface area contributed by atoms with E-state index in [1.54, 1.807) is 24.4 Å². The number of aromatic amines is 2. The number of hydrogen-bond donors (Lipinski definition) is 2. The molecule has 0 bridgehead atoms. The number of halogens is 1. The van der Waals surface area contributed by atoms with Gasteiger partial charge in [0.05, 0.1) is 11.4 Å². The quantitative estimate of drug-likeness (QED) is 0.384. The molecule has 2 aromatic carbocycles. The van der Waals surface area contributed by atoms with Crippen molar-refractivity contribution in [2.45, 2.75) is 0 Å². The SMILES string of the molecule is O=c1cc(-c2nc(-c3ccc(-c4nnn[n-]4)cc3)[nH]c2-c2ccc(F)cc2)cc[nH]1.[K+]. The van der Waals surface area contributed by atoms with Crippen LogP contribution in [0.1, 0.15) is 0 Å². The third-order valence-electron chi connectivity index (χ3n) is 4.62. The maximum absolute atomic E-state index is 13.4. The van der Waals surface area contributed by atoms with E-state index in [-0.39, 0.29) is 62.8 Å². The van der Waals surface area contributed by atoms with Gasteiger partial charge in [-0.1, -0.05) is 24.3 Å². The molecule has 0 aliphatic rings. The first-order valence-electron chi connectivity index (χ1n) is 9.02. The number of pyridine rings is 1. The average Bonchev–Trinajstić information content (AvgIpc) is 3.45. The molecule has 0 saturated carbocycles. The van der Waals surface area contributed by atoms with Crippen molar-refractivity contribution in [3.8, 4) is 45.3 Å². The number of nitrogens with one attached hydrogen (secondary N) is 2. The predicted molar refractivity (Wildman–Crippen MR) is 108 cm³/mol. The van der Waals surface area contributed by atoms with E-state index in [1.165, 1.54) is 18.2 Å². The largest absolute Gasteiger partial charge is 1.00 e. The van der Waals surface area contributed by atoms with E-state index in [2.05, 4.69) is 30.6 Å². The third kappa shape index (κ3) is 4.48. The Labute approximate surface area is 217 Å². The van der Waals surface area contributed by atoms with Gasteiger partial charge < -0.3 is 15.1 Å². The van der Waals surface area contributed by atoms with Crippen LogP contribution in [0.2, 0.25) is 0 Å². The van der Waals surface area contributed by atoms with Crippen LogP contribution in [0.15, 0.2) is 71.7 Å². The van der Waals surface area contributed by atoms with Crippen LogP contribution in [0.4, 0.5) is 4.39 Å². The monoisotopic (exact) mass is 437 g/mol. The van der Waals surface area contributed by atoms with Crippen LogP contribution < -0.4 is 62.0 Å². The number of aromatic nitrogens is 7. The van der Waals surface area contributed by atoms with Crippen molar-refractivity contribution >= 4 is 0 Å². The Bertz CT molecular complexity index is 1360. The molecule has 0 atom stereocenters. The van der Waals surface area contributed by atoms with Crippen molar-refractivity contribution in [2.75, 3.05) is 0 Å². The maximum atomic E-state index is 13.4. The minimum absolute atomic E-state index is 0. The van der Waals surface area contributed by atoms with E-state index in [9.17, 15) is 9.18 Å². The standard InChI is InChI=1S/C21H14FN7O.K/c22-16-7-5-12(6-8-16)18-19(15-9-10-23-17(30)11-15)25-20(24-18)13-1-3-14(4-2-13)21-26-28-29-27-21;/h1-11H,(H3,23,24,25,26,27,28,29,30);/q;+1/p-1. The molecule has 31 heavy (non-hydrogen) atoms. The smallest absolute Gasteiger partial charge is 0.337 e. The summed E-state index contributed by atoms with van der Waals surface area (Å²) in [6, 6.07) is 16.8. The van der Waals surface area contributed by atoms with Crippen LogP contribution in [0.3, 0.4) is 0 Å². The zero-order valence-corrected chi connectivity index (χ0v) is 19.5. The molecular weight excluding hydrogens is 424 g/mol. The Hall–Kier alpha value is -2.76. The van der Waals surface area contributed by atoms with Crippen LogP contribution in [0, 0.1) is 5.82 Å². The molecular formula is C21H13FKN7O. The van der Waals surface area contributed by atoms with Crippen molar-refractivity contribution in [1.29, 1.82) is 0 Å². The molecule has 3 heterocycles. The molecule has 8 nitrogen and oxygen atoms in total. The minimum atomic E-state index is -0.328. The molecule has 10 heteroatoms. The summed E-state index contributed by atoms with van der Waals surface area (Å²) < 4.78 is 13.4. The molecule has 0 fully saturated rings. The second-order valence-corrected chi connectivity index (χ2v) is 6.54. The maximum Gasteiger partial charge on any atom is 1.00 e. The fraction of sp³-hybridized carbons (Fsp3) is 0. The van der Waals surface area contributed by atoms with Crippen LogP contribution in [-0.2, 0) is 0 Å². The van der Waals surface area contributed by atoms with E-state index in [0.29, 0.717) is 28.6 Å². The van der Waals surface area contributed by atoms with Crippen molar-refractivity contribution < 1.29 is 55.8 Å². The number of nitrogens with zero attached hydrogens (tertiary/aromatic N) is 5. The molecule has 2 N–H and O–H groups in total. The van der Waals surface area contributed by atoms with Gasteiger partial charge in [-0.3, -0.25) is 15.1 Å². The number of H-pyrrole nitrogens is 2. The first kappa shape index (κ1) is 21.5. The normalized spacial score (nSPS) is 10.6. The molecule has 146 valence electrons. The summed E-state index contributed by atoms with van der Waals surface area (Å²) in [5.41, 5.74) is 4.06. The fourth-order valence-corrected chi connectivity index (χ4v) is 3.17. The summed E-state index contributed by atoms with van der Waals surface area (Å²) in [6.07, 6.45) is 1.57. The van der Waals surface area contributed by atoms with Crippen LogP contribution in [-0.4, -0.2) is 30.5 Å². The summed E-state index contributed by atoms with van der Waals surface area (Å²) in [5.74, 6) is 0.721. The first-order chi connectivity index (χ1) is 14.7. The van der Waals surface area contributed by atoms with Crippen molar-refractivity contribution in [1.82, 2.24) is 35.6 Å². The summed E-state index contributed by atoms with van der Waals surface area (Å²) in [5, 5.41) is 14.7. The van der Waals surface area contributed by atoms with Gasteiger partial charge in [0, 0.05) is 34.8 Å². The van der Waals surface area contributed by atoms with Gasteiger partial charge in [-0.05, 0) is 35.9 Å². The minimum Gasteiger partial charge on any atom is -0.337 e. The topological polar surface area (TPSA) is 114 Å². The molecule has 3 aromatic heterocycles. The molecule has 0 aliphatic carbocycles. The summed E-state index contributed by atoms with van der Waals surface area (Å²) in [7, 11) is 0. The van der Waals surface area contributed by atoms with Crippen LogP contribution >= 0.6 is 0 Å². The average molecular weight is 437 g/mol. The zero-order valence-electron chi connectivity index (χ0n) is 16.4. The molecule has 5 rings (SSSR count). The number of hydrogen-bond acceptors (Lipinski definition) is 5. The second kappa shape index (κ2) is 9.16. The van der Waals surface area contributed by atoms with E-state index in [1.807, 2.05) is 24.3 Å². The molecule has 0 radical (unpaired) electrons. The Morgan fingerprint density at radius 1 is 0.871 bits per heavy atom. The van der Waals surface area contributed by atoms with E-state index < -0.39 is 0 Å². The van der Waals surface area contributed by atoms with Gasteiger partial charge in [-0.2, -0.15) is 5.21 Å². The zero-order chi connectivity index (χ0) is 20.5. The molecule has 0 aliphatic heterocycles. The Kier molecular flexibility index (Phi) is 6.34. The molecule has 5 aromatic rings. The fourth-order valence-electron chi connectivity index (χ4n) is 3.17. The summed E-state index contributed by atoms with van der Waals surface area (Å²) in [6.45, 7) is 0. The number of benzene rings is 2. The van der Waals surface area contributed by atoms with Gasteiger partial charge in [-0.15, -0.1) is 0 Å². The van der Waals surface area contributed by atoms with Gasteiger partial charge in [0.2, 0.25) is 5.56 Å². The van der Waals surface area contributed by atoms with E-state index in [4.69, 9.17) is 4.98 Å². The van der Waals surface area contributed by atoms with E-state index >= 15 is 0 Å². The number of imidazole rings is 1.